The lowest BCUT2D eigenvalue weighted by Gasteiger charge is -2.21. The van der Waals surface area contributed by atoms with Crippen LogP contribution in [0.3, 0.4) is 0 Å². The number of nitrogens with zero attached hydrogens (tertiary/aromatic N) is 2. The average Bonchev–Trinajstić information content (AvgIpc) is 2.67. The third-order valence-electron chi connectivity index (χ3n) is 3.68. The molecule has 0 aliphatic heterocycles. The predicted octanol–water partition coefficient (Wildman–Crippen LogP) is 3.60. The topological polar surface area (TPSA) is 70.4 Å². The second-order valence-electron chi connectivity index (χ2n) is 5.38. The number of nitriles is 1. The van der Waals surface area contributed by atoms with Crippen LogP contribution in [0.15, 0.2) is 54.6 Å². The van der Waals surface area contributed by atoms with Gasteiger partial charge in [0.05, 0.1) is 12.5 Å². The standard InChI is InChI=1S/C20H20N2O3/c1-2-19(23)16-9-11-18(12-10-16)25-15-20(24)22(14-6-13-21)17-7-4-3-5-8-17/h3-5,7-12H,2,6,14-15H2,1H3. The van der Waals surface area contributed by atoms with Crippen molar-refractivity contribution >= 4 is 17.4 Å². The van der Waals surface area contributed by atoms with Crippen LogP contribution in [0.1, 0.15) is 30.1 Å². The van der Waals surface area contributed by atoms with Gasteiger partial charge >= 0.3 is 0 Å². The number of para-hydroxylation sites is 1. The number of amides is 1. The van der Waals surface area contributed by atoms with Crippen LogP contribution < -0.4 is 9.64 Å². The molecule has 0 bridgehead atoms. The zero-order chi connectivity index (χ0) is 18.1. The van der Waals surface area contributed by atoms with Crippen molar-refractivity contribution in [2.45, 2.75) is 19.8 Å². The van der Waals surface area contributed by atoms with E-state index in [0.717, 1.165) is 5.69 Å². The SMILES string of the molecule is CCC(=O)c1ccc(OCC(=O)N(CCC#N)c2ccccc2)cc1. The van der Waals surface area contributed by atoms with Crippen LogP contribution in [0.2, 0.25) is 0 Å². The van der Waals surface area contributed by atoms with Crippen LogP contribution in [0.4, 0.5) is 5.69 Å². The maximum atomic E-state index is 12.5. The molecule has 0 saturated heterocycles. The summed E-state index contributed by atoms with van der Waals surface area (Å²) < 4.78 is 5.53. The van der Waals surface area contributed by atoms with Crippen LogP contribution >= 0.6 is 0 Å². The Morgan fingerprint density at radius 3 is 2.36 bits per heavy atom. The Morgan fingerprint density at radius 2 is 1.76 bits per heavy atom. The molecule has 2 rings (SSSR count). The molecule has 1 amide bonds. The maximum absolute atomic E-state index is 12.5. The molecule has 0 saturated carbocycles. The molecule has 0 heterocycles. The van der Waals surface area contributed by atoms with Gasteiger partial charge in [-0.15, -0.1) is 0 Å². The van der Waals surface area contributed by atoms with Crippen molar-refractivity contribution in [2.24, 2.45) is 0 Å². The number of rotatable bonds is 8. The van der Waals surface area contributed by atoms with Crippen molar-refractivity contribution in [1.82, 2.24) is 0 Å². The van der Waals surface area contributed by atoms with Gasteiger partial charge < -0.3 is 9.64 Å². The first-order valence-corrected chi connectivity index (χ1v) is 8.14. The number of ether oxygens (including phenoxy) is 1. The second kappa shape index (κ2) is 9.24. The van der Waals surface area contributed by atoms with Gasteiger partial charge in [-0.25, -0.2) is 0 Å². The molecule has 0 spiro atoms. The first-order chi connectivity index (χ1) is 12.2. The number of anilines is 1. The lowest BCUT2D eigenvalue weighted by molar-refractivity contribution is -0.120. The summed E-state index contributed by atoms with van der Waals surface area (Å²) in [5.74, 6) is 0.360. The summed E-state index contributed by atoms with van der Waals surface area (Å²) in [6.07, 6.45) is 0.693. The van der Waals surface area contributed by atoms with Gasteiger partial charge in [0.15, 0.2) is 12.4 Å². The van der Waals surface area contributed by atoms with Crippen molar-refractivity contribution in [1.29, 1.82) is 5.26 Å². The monoisotopic (exact) mass is 336 g/mol. The minimum atomic E-state index is -0.227. The fraction of sp³-hybridized carbons (Fsp3) is 0.250. The largest absolute Gasteiger partial charge is 0.484 e. The maximum Gasteiger partial charge on any atom is 0.264 e. The highest BCUT2D eigenvalue weighted by Crippen LogP contribution is 2.16. The summed E-state index contributed by atoms with van der Waals surface area (Å²) in [5, 5.41) is 8.80. The molecule has 0 radical (unpaired) electrons. The molecule has 2 aromatic carbocycles. The molecule has 0 aromatic heterocycles. The van der Waals surface area contributed by atoms with Crippen LogP contribution in [0.5, 0.6) is 5.75 Å². The highest BCUT2D eigenvalue weighted by Gasteiger charge is 2.16. The molecular formula is C20H20N2O3. The van der Waals surface area contributed by atoms with Crippen LogP contribution in [-0.4, -0.2) is 24.8 Å². The summed E-state index contributed by atoms with van der Waals surface area (Å²) >= 11 is 0. The zero-order valence-electron chi connectivity index (χ0n) is 14.1. The van der Waals surface area contributed by atoms with E-state index in [9.17, 15) is 9.59 Å². The van der Waals surface area contributed by atoms with E-state index >= 15 is 0 Å². The van der Waals surface area contributed by atoms with Gasteiger partial charge in [0.2, 0.25) is 0 Å². The molecule has 128 valence electrons. The number of benzene rings is 2. The van der Waals surface area contributed by atoms with Crippen molar-refractivity contribution in [2.75, 3.05) is 18.1 Å². The fourth-order valence-corrected chi connectivity index (χ4v) is 2.33. The number of ketones is 1. The van der Waals surface area contributed by atoms with Gasteiger partial charge in [0, 0.05) is 24.2 Å². The smallest absolute Gasteiger partial charge is 0.264 e. The molecule has 5 nitrogen and oxygen atoms in total. The van der Waals surface area contributed by atoms with E-state index in [1.54, 1.807) is 24.3 Å². The number of carbonyl (C=O) groups is 2. The minimum Gasteiger partial charge on any atom is -0.484 e. The predicted molar refractivity (Wildman–Crippen MR) is 95.6 cm³/mol. The number of hydrogen-bond donors (Lipinski definition) is 0. The van der Waals surface area contributed by atoms with Gasteiger partial charge in [0.25, 0.3) is 5.91 Å². The molecule has 0 aliphatic carbocycles. The van der Waals surface area contributed by atoms with Gasteiger partial charge in [-0.3, -0.25) is 9.59 Å². The molecule has 25 heavy (non-hydrogen) atoms. The molecule has 5 heteroatoms. The van der Waals surface area contributed by atoms with Gasteiger partial charge in [-0.05, 0) is 36.4 Å². The van der Waals surface area contributed by atoms with Gasteiger partial charge in [-0.1, -0.05) is 25.1 Å². The Morgan fingerprint density at radius 1 is 1.08 bits per heavy atom. The van der Waals surface area contributed by atoms with E-state index in [1.807, 2.05) is 37.3 Å². The summed E-state index contributed by atoms with van der Waals surface area (Å²) in [7, 11) is 0. The van der Waals surface area contributed by atoms with E-state index in [4.69, 9.17) is 10.00 Å². The Kier molecular flexibility index (Phi) is 6.73. The van der Waals surface area contributed by atoms with Gasteiger partial charge in [-0.2, -0.15) is 5.26 Å². The third kappa shape index (κ3) is 5.18. The first kappa shape index (κ1) is 18.2. The molecular weight excluding hydrogens is 316 g/mol. The van der Waals surface area contributed by atoms with E-state index in [2.05, 4.69) is 6.07 Å². The molecule has 0 fully saturated rings. The van der Waals surface area contributed by atoms with E-state index in [-0.39, 0.29) is 24.7 Å². The fourth-order valence-electron chi connectivity index (χ4n) is 2.33. The molecule has 0 unspecified atom stereocenters. The lowest BCUT2D eigenvalue weighted by atomic mass is 10.1. The molecule has 0 aliphatic rings. The average molecular weight is 336 g/mol. The number of hydrogen-bond acceptors (Lipinski definition) is 4. The normalized spacial score (nSPS) is 9.92. The Bertz CT molecular complexity index is 749. The highest BCUT2D eigenvalue weighted by molar-refractivity contribution is 5.96. The van der Waals surface area contributed by atoms with Crippen molar-refractivity contribution in [3.05, 3.63) is 60.2 Å². The lowest BCUT2D eigenvalue weighted by Crippen LogP contribution is -2.35. The summed E-state index contributed by atoms with van der Waals surface area (Å²) in [5.41, 5.74) is 1.36. The molecule has 0 atom stereocenters. The van der Waals surface area contributed by atoms with E-state index < -0.39 is 0 Å². The van der Waals surface area contributed by atoms with Crippen molar-refractivity contribution in [3.8, 4) is 11.8 Å². The third-order valence-corrected chi connectivity index (χ3v) is 3.68. The van der Waals surface area contributed by atoms with Crippen LogP contribution in [0, 0.1) is 11.3 Å². The second-order valence-corrected chi connectivity index (χ2v) is 5.38. The first-order valence-electron chi connectivity index (χ1n) is 8.14. The number of carbonyl (C=O) groups excluding carboxylic acids is 2. The Labute approximate surface area is 147 Å². The Balaban J connectivity index is 2.01. The van der Waals surface area contributed by atoms with Gasteiger partial charge in [0.1, 0.15) is 5.75 Å². The summed E-state index contributed by atoms with van der Waals surface area (Å²) in [4.78, 5) is 25.6. The van der Waals surface area contributed by atoms with Crippen molar-refractivity contribution in [3.63, 3.8) is 0 Å². The Hall–Kier alpha value is -3.13. The quantitative estimate of drug-likeness (QED) is 0.691. The molecule has 2 aromatic rings. The highest BCUT2D eigenvalue weighted by atomic mass is 16.5. The molecule has 0 N–H and O–H groups in total. The number of Topliss-reactive ketones (excluding diaryl/α,β-unsaturated/α-hetero) is 1. The van der Waals surface area contributed by atoms with E-state index in [1.165, 1.54) is 4.90 Å². The van der Waals surface area contributed by atoms with Crippen LogP contribution in [-0.2, 0) is 4.79 Å². The minimum absolute atomic E-state index is 0.0642. The van der Waals surface area contributed by atoms with E-state index in [0.29, 0.717) is 24.3 Å². The summed E-state index contributed by atoms with van der Waals surface area (Å²) in [6.45, 7) is 1.98. The summed E-state index contributed by atoms with van der Waals surface area (Å²) in [6, 6.07) is 18.0. The zero-order valence-corrected chi connectivity index (χ0v) is 14.1. The van der Waals surface area contributed by atoms with Crippen LogP contribution in [0.25, 0.3) is 0 Å². The van der Waals surface area contributed by atoms with Crippen molar-refractivity contribution < 1.29 is 14.3 Å².